The zero-order valence-electron chi connectivity index (χ0n) is 13.0. The highest BCUT2D eigenvalue weighted by atomic mass is 15.3. The van der Waals surface area contributed by atoms with Gasteiger partial charge in [0.15, 0.2) is 0 Å². The standard InChI is InChI=1S/C17H29N3/c1-3-10-19-11-13-20(14-12-19)17(15-18-4-2)16-8-6-5-7-9-16/h5-9,17-18H,3-4,10-15H2,1-2H3. The van der Waals surface area contributed by atoms with Gasteiger partial charge >= 0.3 is 0 Å². The van der Waals surface area contributed by atoms with E-state index in [9.17, 15) is 0 Å². The molecule has 0 spiro atoms. The van der Waals surface area contributed by atoms with Gasteiger partial charge in [0.05, 0.1) is 0 Å². The van der Waals surface area contributed by atoms with Crippen molar-refractivity contribution in [3.05, 3.63) is 35.9 Å². The number of nitrogens with one attached hydrogen (secondary N) is 1. The van der Waals surface area contributed by atoms with Crippen LogP contribution in [0.25, 0.3) is 0 Å². The fourth-order valence-electron chi connectivity index (χ4n) is 3.03. The van der Waals surface area contributed by atoms with Gasteiger partial charge in [0.2, 0.25) is 0 Å². The third-order valence-corrected chi connectivity index (χ3v) is 4.16. The van der Waals surface area contributed by atoms with Gasteiger partial charge in [-0.2, -0.15) is 0 Å². The Morgan fingerprint density at radius 3 is 2.35 bits per heavy atom. The smallest absolute Gasteiger partial charge is 0.0473 e. The van der Waals surface area contributed by atoms with Crippen LogP contribution in [0.3, 0.4) is 0 Å². The number of hydrogen-bond acceptors (Lipinski definition) is 3. The summed E-state index contributed by atoms with van der Waals surface area (Å²) in [4.78, 5) is 5.23. The molecule has 1 aromatic rings. The lowest BCUT2D eigenvalue weighted by atomic mass is 10.0. The third-order valence-electron chi connectivity index (χ3n) is 4.16. The van der Waals surface area contributed by atoms with Crippen molar-refractivity contribution in [2.75, 3.05) is 45.8 Å². The van der Waals surface area contributed by atoms with Crippen LogP contribution in [0.5, 0.6) is 0 Å². The first-order chi connectivity index (χ1) is 9.85. The van der Waals surface area contributed by atoms with Crippen LogP contribution in [-0.4, -0.2) is 55.6 Å². The Balaban J connectivity index is 1.97. The maximum Gasteiger partial charge on any atom is 0.0473 e. The van der Waals surface area contributed by atoms with Gasteiger partial charge in [0, 0.05) is 38.8 Å². The molecule has 1 unspecified atom stereocenters. The predicted octanol–water partition coefficient (Wildman–Crippen LogP) is 2.36. The molecule has 1 aliphatic rings. The minimum atomic E-state index is 0.514. The van der Waals surface area contributed by atoms with Crippen LogP contribution in [-0.2, 0) is 0 Å². The molecule has 0 amide bonds. The predicted molar refractivity (Wildman–Crippen MR) is 86.0 cm³/mol. The summed E-state index contributed by atoms with van der Waals surface area (Å²) >= 11 is 0. The molecule has 1 aromatic carbocycles. The van der Waals surface area contributed by atoms with E-state index in [2.05, 4.69) is 59.3 Å². The van der Waals surface area contributed by atoms with Crippen molar-refractivity contribution in [2.45, 2.75) is 26.3 Å². The second kappa shape index (κ2) is 8.40. The van der Waals surface area contributed by atoms with Gasteiger partial charge in [-0.15, -0.1) is 0 Å². The van der Waals surface area contributed by atoms with Crippen molar-refractivity contribution in [1.29, 1.82) is 0 Å². The summed E-state index contributed by atoms with van der Waals surface area (Å²) in [6, 6.07) is 11.5. The molecule has 3 heteroatoms. The van der Waals surface area contributed by atoms with E-state index in [1.807, 2.05) is 0 Å². The Bertz CT molecular complexity index is 358. The average Bonchev–Trinajstić information content (AvgIpc) is 2.51. The number of nitrogens with zero attached hydrogens (tertiary/aromatic N) is 2. The second-order valence-electron chi connectivity index (χ2n) is 5.61. The zero-order chi connectivity index (χ0) is 14.2. The summed E-state index contributed by atoms with van der Waals surface area (Å²) in [6.45, 7) is 12.6. The molecule has 2 rings (SSSR count). The van der Waals surface area contributed by atoms with Gasteiger partial charge in [0.25, 0.3) is 0 Å². The summed E-state index contributed by atoms with van der Waals surface area (Å²) < 4.78 is 0. The molecule has 0 aromatic heterocycles. The van der Waals surface area contributed by atoms with Gasteiger partial charge in [-0.1, -0.05) is 44.2 Å². The number of benzene rings is 1. The molecular formula is C17H29N3. The Kier molecular flexibility index (Phi) is 6.51. The van der Waals surface area contributed by atoms with Gasteiger partial charge < -0.3 is 10.2 Å². The highest BCUT2D eigenvalue weighted by Gasteiger charge is 2.24. The van der Waals surface area contributed by atoms with Crippen LogP contribution in [0.2, 0.25) is 0 Å². The van der Waals surface area contributed by atoms with E-state index < -0.39 is 0 Å². The fourth-order valence-corrected chi connectivity index (χ4v) is 3.03. The van der Waals surface area contributed by atoms with Crippen molar-refractivity contribution in [2.24, 2.45) is 0 Å². The Hall–Kier alpha value is -0.900. The maximum atomic E-state index is 3.53. The molecule has 0 saturated carbocycles. The molecule has 0 bridgehead atoms. The Morgan fingerprint density at radius 1 is 1.05 bits per heavy atom. The SMILES string of the molecule is CCCN1CCN(C(CNCC)c2ccccc2)CC1. The minimum absolute atomic E-state index is 0.514. The van der Waals surface area contributed by atoms with Crippen molar-refractivity contribution in [3.63, 3.8) is 0 Å². The van der Waals surface area contributed by atoms with E-state index in [0.717, 1.165) is 13.1 Å². The zero-order valence-corrected chi connectivity index (χ0v) is 13.0. The first kappa shape index (κ1) is 15.5. The van der Waals surface area contributed by atoms with Crippen LogP contribution in [0.15, 0.2) is 30.3 Å². The molecule has 1 saturated heterocycles. The molecule has 1 fully saturated rings. The minimum Gasteiger partial charge on any atom is -0.315 e. The van der Waals surface area contributed by atoms with E-state index in [4.69, 9.17) is 0 Å². The maximum absolute atomic E-state index is 3.53. The van der Waals surface area contributed by atoms with Crippen LogP contribution in [0.1, 0.15) is 31.9 Å². The number of piperazine rings is 1. The molecule has 1 N–H and O–H groups in total. The molecule has 20 heavy (non-hydrogen) atoms. The summed E-state index contributed by atoms with van der Waals surface area (Å²) in [5.41, 5.74) is 1.44. The van der Waals surface area contributed by atoms with Crippen molar-refractivity contribution in [3.8, 4) is 0 Å². The van der Waals surface area contributed by atoms with Gasteiger partial charge in [-0.25, -0.2) is 0 Å². The van der Waals surface area contributed by atoms with Crippen molar-refractivity contribution in [1.82, 2.24) is 15.1 Å². The largest absolute Gasteiger partial charge is 0.315 e. The average molecular weight is 275 g/mol. The van der Waals surface area contributed by atoms with Gasteiger partial charge in [0.1, 0.15) is 0 Å². The fraction of sp³-hybridized carbons (Fsp3) is 0.647. The topological polar surface area (TPSA) is 18.5 Å². The summed E-state index contributed by atoms with van der Waals surface area (Å²) in [5.74, 6) is 0. The number of hydrogen-bond donors (Lipinski definition) is 1. The molecular weight excluding hydrogens is 246 g/mol. The van der Waals surface area contributed by atoms with Crippen molar-refractivity contribution < 1.29 is 0 Å². The number of likely N-dealkylation sites (N-methyl/N-ethyl adjacent to an activating group) is 1. The highest BCUT2D eigenvalue weighted by Crippen LogP contribution is 2.21. The quantitative estimate of drug-likeness (QED) is 0.824. The van der Waals surface area contributed by atoms with E-state index >= 15 is 0 Å². The third kappa shape index (κ3) is 4.30. The summed E-state index contributed by atoms with van der Waals surface area (Å²) in [6.07, 6.45) is 1.26. The van der Waals surface area contributed by atoms with Crippen molar-refractivity contribution >= 4 is 0 Å². The lowest BCUT2D eigenvalue weighted by Crippen LogP contribution is -2.49. The summed E-state index contributed by atoms with van der Waals surface area (Å²) in [5, 5.41) is 3.53. The molecule has 112 valence electrons. The van der Waals surface area contributed by atoms with Crippen LogP contribution < -0.4 is 5.32 Å². The first-order valence-corrected chi connectivity index (χ1v) is 8.07. The second-order valence-corrected chi connectivity index (χ2v) is 5.61. The first-order valence-electron chi connectivity index (χ1n) is 8.07. The molecule has 0 radical (unpaired) electrons. The lowest BCUT2D eigenvalue weighted by Gasteiger charge is -2.39. The van der Waals surface area contributed by atoms with Crippen LogP contribution in [0, 0.1) is 0 Å². The lowest BCUT2D eigenvalue weighted by molar-refractivity contribution is 0.0952. The van der Waals surface area contributed by atoms with Gasteiger partial charge in [-0.05, 0) is 25.1 Å². The van der Waals surface area contributed by atoms with Crippen LogP contribution >= 0.6 is 0 Å². The molecule has 1 aliphatic heterocycles. The molecule has 1 atom stereocenters. The van der Waals surface area contributed by atoms with Crippen LogP contribution in [0.4, 0.5) is 0 Å². The normalized spacial score (nSPS) is 19.1. The van der Waals surface area contributed by atoms with E-state index in [-0.39, 0.29) is 0 Å². The highest BCUT2D eigenvalue weighted by molar-refractivity contribution is 5.19. The Morgan fingerprint density at radius 2 is 1.75 bits per heavy atom. The number of rotatable bonds is 7. The summed E-state index contributed by atoms with van der Waals surface area (Å²) in [7, 11) is 0. The molecule has 1 heterocycles. The van der Waals surface area contributed by atoms with Gasteiger partial charge in [-0.3, -0.25) is 4.90 Å². The molecule has 0 aliphatic carbocycles. The van der Waals surface area contributed by atoms with E-state index in [1.54, 1.807) is 0 Å². The molecule has 3 nitrogen and oxygen atoms in total. The monoisotopic (exact) mass is 275 g/mol. The Labute approximate surface area is 124 Å². The van der Waals surface area contributed by atoms with E-state index in [0.29, 0.717) is 6.04 Å². The van der Waals surface area contributed by atoms with E-state index in [1.165, 1.54) is 44.7 Å².